The third-order valence-electron chi connectivity index (χ3n) is 3.18. The van der Waals surface area contributed by atoms with E-state index in [0.29, 0.717) is 12.0 Å². The predicted octanol–water partition coefficient (Wildman–Crippen LogP) is 1.48. The zero-order valence-corrected chi connectivity index (χ0v) is 14.7. The molecule has 0 aliphatic rings. The lowest BCUT2D eigenvalue weighted by Crippen LogP contribution is -2.56. The van der Waals surface area contributed by atoms with Crippen LogP contribution in [0.5, 0.6) is 0 Å². The lowest BCUT2D eigenvalue weighted by atomic mass is 9.98. The molecular formula is C15H22N2O6S. The Morgan fingerprint density at radius 1 is 1.21 bits per heavy atom. The van der Waals surface area contributed by atoms with Crippen LogP contribution in [0.15, 0.2) is 30.3 Å². The highest BCUT2D eigenvalue weighted by molar-refractivity contribution is 7.88. The van der Waals surface area contributed by atoms with Crippen molar-refractivity contribution < 1.29 is 27.5 Å². The van der Waals surface area contributed by atoms with E-state index in [1.165, 1.54) is 6.92 Å². The minimum atomic E-state index is -4.30. The molecule has 1 rings (SSSR count). The van der Waals surface area contributed by atoms with Gasteiger partial charge in [0.15, 0.2) is 0 Å². The molecule has 0 unspecified atom stereocenters. The van der Waals surface area contributed by atoms with Gasteiger partial charge in [0.1, 0.15) is 12.1 Å². The Morgan fingerprint density at radius 2 is 1.83 bits per heavy atom. The molecule has 0 aromatic heterocycles. The van der Waals surface area contributed by atoms with Gasteiger partial charge >= 0.3 is 22.3 Å². The normalized spacial score (nSPS) is 13.6. The molecule has 1 aromatic rings. The Morgan fingerprint density at radius 3 is 2.38 bits per heavy atom. The third kappa shape index (κ3) is 6.17. The van der Waals surface area contributed by atoms with Gasteiger partial charge < -0.3 is 9.47 Å². The van der Waals surface area contributed by atoms with Crippen LogP contribution in [-0.4, -0.2) is 33.1 Å². The molecule has 0 bridgehead atoms. The van der Waals surface area contributed by atoms with Gasteiger partial charge in [0.05, 0.1) is 7.11 Å². The number of carbonyl (C=O) groups is 2. The van der Waals surface area contributed by atoms with E-state index < -0.39 is 27.8 Å². The Labute approximate surface area is 141 Å². The van der Waals surface area contributed by atoms with E-state index in [-0.39, 0.29) is 13.0 Å². The number of benzene rings is 1. The second kappa shape index (κ2) is 8.65. The van der Waals surface area contributed by atoms with E-state index in [9.17, 15) is 18.0 Å². The van der Waals surface area contributed by atoms with Gasteiger partial charge in [-0.25, -0.2) is 9.52 Å². The largest absolute Gasteiger partial charge is 0.468 e. The number of rotatable bonds is 8. The molecule has 1 aromatic carbocycles. The van der Waals surface area contributed by atoms with Crippen molar-refractivity contribution in [1.29, 1.82) is 0 Å². The average molecular weight is 358 g/mol. The number of carbonyl (C=O) groups excluding carboxylic acids is 2. The monoisotopic (exact) mass is 358 g/mol. The van der Waals surface area contributed by atoms with Crippen LogP contribution < -0.4 is 9.44 Å². The van der Waals surface area contributed by atoms with Crippen LogP contribution in [0.25, 0.3) is 0 Å². The Bertz CT molecular complexity index is 662. The molecule has 0 aliphatic heterocycles. The molecule has 0 fully saturated rings. The van der Waals surface area contributed by atoms with Crippen molar-refractivity contribution in [2.75, 3.05) is 7.11 Å². The molecular weight excluding hydrogens is 336 g/mol. The maximum Gasteiger partial charge on any atom is 0.422 e. The molecule has 134 valence electrons. The first-order chi connectivity index (χ1) is 11.2. The third-order valence-corrected chi connectivity index (χ3v) is 4.33. The molecule has 1 amide bonds. The number of hydrogen-bond donors (Lipinski definition) is 2. The molecule has 9 heteroatoms. The highest BCUT2D eigenvalue weighted by Crippen LogP contribution is 2.15. The Hall–Kier alpha value is -2.13. The van der Waals surface area contributed by atoms with Crippen molar-refractivity contribution in [3.05, 3.63) is 35.9 Å². The zero-order chi connectivity index (χ0) is 18.2. The summed E-state index contributed by atoms with van der Waals surface area (Å²) < 4.78 is 37.4. The minimum absolute atomic E-state index is 0.0780. The van der Waals surface area contributed by atoms with Crippen LogP contribution in [0.2, 0.25) is 0 Å². The number of nitrogens with one attached hydrogen (secondary N) is 2. The van der Waals surface area contributed by atoms with Gasteiger partial charge in [0.25, 0.3) is 0 Å². The second-order valence-corrected chi connectivity index (χ2v) is 6.76. The number of methoxy groups -OCH3 is 1. The van der Waals surface area contributed by atoms with E-state index in [1.54, 1.807) is 42.0 Å². The van der Waals surface area contributed by atoms with E-state index in [1.807, 2.05) is 0 Å². The first-order valence-electron chi connectivity index (χ1n) is 7.33. The Balaban J connectivity index is 2.67. The summed E-state index contributed by atoms with van der Waals surface area (Å²) in [7, 11) is -3.14. The van der Waals surface area contributed by atoms with Crippen LogP contribution in [0.3, 0.4) is 0 Å². The van der Waals surface area contributed by atoms with Crippen molar-refractivity contribution in [3.63, 3.8) is 0 Å². The maximum atomic E-state index is 12.0. The van der Waals surface area contributed by atoms with Crippen LogP contribution >= 0.6 is 0 Å². The summed E-state index contributed by atoms with van der Waals surface area (Å²) in [5, 5.41) is 0. The highest BCUT2D eigenvalue weighted by Gasteiger charge is 2.38. The van der Waals surface area contributed by atoms with Crippen molar-refractivity contribution >= 4 is 22.3 Å². The predicted molar refractivity (Wildman–Crippen MR) is 87.1 cm³/mol. The fourth-order valence-electron chi connectivity index (χ4n) is 2.10. The van der Waals surface area contributed by atoms with Crippen molar-refractivity contribution in [2.45, 2.75) is 38.8 Å². The molecule has 0 spiro atoms. The molecule has 2 N–H and O–H groups in total. The van der Waals surface area contributed by atoms with Gasteiger partial charge in [-0.15, -0.1) is 0 Å². The summed E-state index contributed by atoms with van der Waals surface area (Å²) in [6.45, 7) is 3.10. The van der Waals surface area contributed by atoms with E-state index in [2.05, 4.69) is 9.46 Å². The van der Waals surface area contributed by atoms with Crippen molar-refractivity contribution in [3.8, 4) is 0 Å². The minimum Gasteiger partial charge on any atom is -0.468 e. The molecule has 0 radical (unpaired) electrons. The van der Waals surface area contributed by atoms with Gasteiger partial charge in [0, 0.05) is 0 Å². The standard InChI is InChI=1S/C15H22N2O6S/c1-4-10-15(2,13(18)22-3)17-24(20,21)16-14(19)23-11-12-8-6-5-7-9-12/h5-9,17H,4,10-11H2,1-3H3,(H,16,19)/t15-/m1/s1. The SMILES string of the molecule is CCC[C@@](C)(NS(=O)(=O)NC(=O)OCc1ccccc1)C(=O)OC. The van der Waals surface area contributed by atoms with Crippen molar-refractivity contribution in [1.82, 2.24) is 9.44 Å². The van der Waals surface area contributed by atoms with Gasteiger partial charge in [-0.1, -0.05) is 43.7 Å². The van der Waals surface area contributed by atoms with E-state index in [4.69, 9.17) is 4.74 Å². The summed E-state index contributed by atoms with van der Waals surface area (Å²) >= 11 is 0. The summed E-state index contributed by atoms with van der Waals surface area (Å²) in [5.41, 5.74) is -0.766. The summed E-state index contributed by atoms with van der Waals surface area (Å²) in [6.07, 6.45) is -0.401. The van der Waals surface area contributed by atoms with E-state index >= 15 is 0 Å². The van der Waals surface area contributed by atoms with Crippen LogP contribution in [0.1, 0.15) is 32.3 Å². The molecule has 24 heavy (non-hydrogen) atoms. The number of ether oxygens (including phenoxy) is 2. The molecule has 0 aliphatic carbocycles. The molecule has 0 heterocycles. The fourth-order valence-corrected chi connectivity index (χ4v) is 3.21. The van der Waals surface area contributed by atoms with Crippen LogP contribution in [0, 0.1) is 0 Å². The lowest BCUT2D eigenvalue weighted by molar-refractivity contribution is -0.147. The summed E-state index contributed by atoms with van der Waals surface area (Å²) in [4.78, 5) is 23.5. The number of amides is 1. The fraction of sp³-hybridized carbons (Fsp3) is 0.467. The molecule has 0 saturated carbocycles. The van der Waals surface area contributed by atoms with Crippen LogP contribution in [-0.2, 0) is 31.1 Å². The molecule has 8 nitrogen and oxygen atoms in total. The van der Waals surface area contributed by atoms with Gasteiger partial charge in [0.2, 0.25) is 0 Å². The Kier molecular flexibility index (Phi) is 7.18. The quantitative estimate of drug-likeness (QED) is 0.681. The highest BCUT2D eigenvalue weighted by atomic mass is 32.2. The van der Waals surface area contributed by atoms with Crippen LogP contribution in [0.4, 0.5) is 4.79 Å². The van der Waals surface area contributed by atoms with Crippen molar-refractivity contribution in [2.24, 2.45) is 0 Å². The van der Waals surface area contributed by atoms with Gasteiger partial charge in [-0.3, -0.25) is 4.79 Å². The average Bonchev–Trinajstić information content (AvgIpc) is 2.52. The second-order valence-electron chi connectivity index (χ2n) is 5.34. The summed E-state index contributed by atoms with van der Waals surface area (Å²) in [6, 6.07) is 8.80. The van der Waals surface area contributed by atoms with Gasteiger partial charge in [-0.2, -0.15) is 13.1 Å². The number of hydrogen-bond acceptors (Lipinski definition) is 6. The van der Waals surface area contributed by atoms with E-state index in [0.717, 1.165) is 7.11 Å². The smallest absolute Gasteiger partial charge is 0.422 e. The topological polar surface area (TPSA) is 111 Å². The zero-order valence-electron chi connectivity index (χ0n) is 13.9. The molecule has 0 saturated heterocycles. The molecule has 1 atom stereocenters. The maximum absolute atomic E-state index is 12.0. The first-order valence-corrected chi connectivity index (χ1v) is 8.81. The van der Waals surface area contributed by atoms with Gasteiger partial charge in [-0.05, 0) is 18.9 Å². The number of esters is 1. The lowest BCUT2D eigenvalue weighted by Gasteiger charge is -2.26. The summed E-state index contributed by atoms with van der Waals surface area (Å²) in [5.74, 6) is -0.743. The first kappa shape index (κ1) is 19.9.